The van der Waals surface area contributed by atoms with Crippen LogP contribution in [0.5, 0.6) is 0 Å². The molecule has 1 unspecified atom stereocenters. The Bertz CT molecular complexity index is 513. The van der Waals surface area contributed by atoms with Gasteiger partial charge in [-0.1, -0.05) is 37.3 Å². The summed E-state index contributed by atoms with van der Waals surface area (Å²) in [5, 5.41) is 10.8. The van der Waals surface area contributed by atoms with Crippen LogP contribution in [0.25, 0.3) is 0 Å². The molecule has 0 radical (unpaired) electrons. The number of rotatable bonds is 4. The molecule has 3 nitrogen and oxygen atoms in total. The maximum Gasteiger partial charge on any atom is 0.0968 e. The number of nitrogens with two attached hydrogens (primary N) is 1. The van der Waals surface area contributed by atoms with Gasteiger partial charge in [-0.15, -0.1) is 0 Å². The standard InChI is InChI=1S/C15H18N2O/c1-2-15(18,10-12-6-4-3-5-7-12)13-11-17-9-8-14(13)16/h3-9,11,18H,2,10H2,1H3,(H2,16,17). The van der Waals surface area contributed by atoms with Crippen LogP contribution in [-0.4, -0.2) is 10.1 Å². The van der Waals surface area contributed by atoms with E-state index in [1.165, 1.54) is 0 Å². The highest BCUT2D eigenvalue weighted by molar-refractivity contribution is 5.48. The number of anilines is 1. The topological polar surface area (TPSA) is 59.1 Å². The van der Waals surface area contributed by atoms with Gasteiger partial charge in [0.2, 0.25) is 0 Å². The molecule has 2 rings (SSSR count). The van der Waals surface area contributed by atoms with Gasteiger partial charge in [-0.3, -0.25) is 4.98 Å². The molecule has 1 aromatic carbocycles. The van der Waals surface area contributed by atoms with Crippen molar-refractivity contribution in [1.29, 1.82) is 0 Å². The van der Waals surface area contributed by atoms with E-state index in [9.17, 15) is 5.11 Å². The molecule has 3 N–H and O–H groups in total. The molecule has 1 aromatic heterocycles. The third kappa shape index (κ3) is 2.51. The quantitative estimate of drug-likeness (QED) is 0.866. The molecule has 0 fully saturated rings. The lowest BCUT2D eigenvalue weighted by molar-refractivity contribution is 0.0332. The number of aromatic nitrogens is 1. The number of aliphatic hydroxyl groups is 1. The number of benzene rings is 1. The smallest absolute Gasteiger partial charge is 0.0968 e. The first-order chi connectivity index (χ1) is 8.65. The molecule has 2 aromatic rings. The molecule has 0 aliphatic heterocycles. The Morgan fingerprint density at radius 2 is 1.94 bits per heavy atom. The molecule has 0 aliphatic carbocycles. The molecular formula is C15H18N2O. The average molecular weight is 242 g/mol. The number of hydrogen-bond donors (Lipinski definition) is 2. The minimum Gasteiger partial charge on any atom is -0.398 e. The van der Waals surface area contributed by atoms with Gasteiger partial charge in [0.15, 0.2) is 0 Å². The molecular weight excluding hydrogens is 224 g/mol. The molecule has 0 amide bonds. The van der Waals surface area contributed by atoms with Crippen LogP contribution in [0.1, 0.15) is 24.5 Å². The number of pyridine rings is 1. The van der Waals surface area contributed by atoms with Crippen molar-refractivity contribution in [1.82, 2.24) is 4.98 Å². The van der Waals surface area contributed by atoms with Gasteiger partial charge >= 0.3 is 0 Å². The molecule has 0 spiro atoms. The fourth-order valence-electron chi connectivity index (χ4n) is 2.14. The molecule has 0 saturated carbocycles. The Hall–Kier alpha value is -1.87. The van der Waals surface area contributed by atoms with Crippen molar-refractivity contribution in [3.8, 4) is 0 Å². The summed E-state index contributed by atoms with van der Waals surface area (Å²) in [4.78, 5) is 4.06. The lowest BCUT2D eigenvalue weighted by atomic mass is 9.85. The van der Waals surface area contributed by atoms with Crippen LogP contribution < -0.4 is 5.73 Å². The first-order valence-electron chi connectivity index (χ1n) is 6.12. The summed E-state index contributed by atoms with van der Waals surface area (Å²) in [5.74, 6) is 0. The van der Waals surface area contributed by atoms with Crippen molar-refractivity contribution in [2.45, 2.75) is 25.4 Å². The second kappa shape index (κ2) is 5.19. The minimum atomic E-state index is -0.959. The zero-order chi connectivity index (χ0) is 13.0. The number of nitrogen functional groups attached to an aromatic ring is 1. The zero-order valence-electron chi connectivity index (χ0n) is 10.5. The van der Waals surface area contributed by atoms with Crippen molar-refractivity contribution < 1.29 is 5.11 Å². The van der Waals surface area contributed by atoms with Gasteiger partial charge in [0.25, 0.3) is 0 Å². The van der Waals surface area contributed by atoms with E-state index in [0.29, 0.717) is 24.1 Å². The Morgan fingerprint density at radius 3 is 2.56 bits per heavy atom. The van der Waals surface area contributed by atoms with Crippen LogP contribution in [0.2, 0.25) is 0 Å². The summed E-state index contributed by atoms with van der Waals surface area (Å²) in [6.07, 6.45) is 4.43. The third-order valence-electron chi connectivity index (χ3n) is 3.28. The normalized spacial score (nSPS) is 14.1. The summed E-state index contributed by atoms with van der Waals surface area (Å²) in [6, 6.07) is 11.6. The van der Waals surface area contributed by atoms with E-state index in [4.69, 9.17) is 5.73 Å². The monoisotopic (exact) mass is 242 g/mol. The van der Waals surface area contributed by atoms with Crippen molar-refractivity contribution in [2.24, 2.45) is 0 Å². The summed E-state index contributed by atoms with van der Waals surface area (Å²) in [5.41, 5.74) is 7.36. The summed E-state index contributed by atoms with van der Waals surface area (Å²) in [7, 11) is 0. The molecule has 0 saturated heterocycles. The molecule has 1 atom stereocenters. The van der Waals surface area contributed by atoms with Crippen LogP contribution in [0.4, 0.5) is 5.69 Å². The summed E-state index contributed by atoms with van der Waals surface area (Å²) >= 11 is 0. The van der Waals surface area contributed by atoms with Crippen molar-refractivity contribution in [3.63, 3.8) is 0 Å². The van der Waals surface area contributed by atoms with E-state index >= 15 is 0 Å². The number of nitrogens with zero attached hydrogens (tertiary/aromatic N) is 1. The van der Waals surface area contributed by atoms with Crippen LogP contribution in [0, 0.1) is 0 Å². The zero-order valence-corrected chi connectivity index (χ0v) is 10.5. The Morgan fingerprint density at radius 1 is 1.22 bits per heavy atom. The van der Waals surface area contributed by atoms with Crippen LogP contribution in [0.3, 0.4) is 0 Å². The maximum absolute atomic E-state index is 10.8. The van der Waals surface area contributed by atoms with Gasteiger partial charge < -0.3 is 10.8 Å². The lowest BCUT2D eigenvalue weighted by Crippen LogP contribution is -2.29. The highest BCUT2D eigenvalue weighted by Crippen LogP contribution is 2.32. The predicted octanol–water partition coefficient (Wildman–Crippen LogP) is 2.50. The number of hydrogen-bond acceptors (Lipinski definition) is 3. The molecule has 18 heavy (non-hydrogen) atoms. The lowest BCUT2D eigenvalue weighted by Gasteiger charge is -2.28. The Kier molecular flexibility index (Phi) is 3.63. The largest absolute Gasteiger partial charge is 0.398 e. The second-order valence-electron chi connectivity index (χ2n) is 4.51. The van der Waals surface area contributed by atoms with Gasteiger partial charge in [-0.05, 0) is 18.1 Å². The van der Waals surface area contributed by atoms with Crippen molar-refractivity contribution in [2.75, 3.05) is 5.73 Å². The van der Waals surface area contributed by atoms with Crippen LogP contribution in [0.15, 0.2) is 48.8 Å². The highest BCUT2D eigenvalue weighted by Gasteiger charge is 2.29. The van der Waals surface area contributed by atoms with Gasteiger partial charge in [0.1, 0.15) is 0 Å². The molecule has 0 bridgehead atoms. The first kappa shape index (κ1) is 12.6. The fourth-order valence-corrected chi connectivity index (χ4v) is 2.14. The van der Waals surface area contributed by atoms with Gasteiger partial charge in [-0.25, -0.2) is 0 Å². The average Bonchev–Trinajstić information content (AvgIpc) is 2.40. The second-order valence-corrected chi connectivity index (χ2v) is 4.51. The first-order valence-corrected chi connectivity index (χ1v) is 6.12. The van der Waals surface area contributed by atoms with Crippen molar-refractivity contribution >= 4 is 5.69 Å². The third-order valence-corrected chi connectivity index (χ3v) is 3.28. The molecule has 3 heteroatoms. The van der Waals surface area contributed by atoms with E-state index in [1.807, 2.05) is 37.3 Å². The molecule has 0 aliphatic rings. The van der Waals surface area contributed by atoms with Crippen molar-refractivity contribution in [3.05, 3.63) is 59.9 Å². The van der Waals surface area contributed by atoms with Gasteiger partial charge in [-0.2, -0.15) is 0 Å². The highest BCUT2D eigenvalue weighted by atomic mass is 16.3. The van der Waals surface area contributed by atoms with Crippen LogP contribution >= 0.6 is 0 Å². The van der Waals surface area contributed by atoms with Gasteiger partial charge in [0.05, 0.1) is 5.60 Å². The Balaban J connectivity index is 2.34. The van der Waals surface area contributed by atoms with Gasteiger partial charge in [0, 0.05) is 30.1 Å². The molecule has 94 valence electrons. The maximum atomic E-state index is 10.8. The van der Waals surface area contributed by atoms with E-state index < -0.39 is 5.60 Å². The minimum absolute atomic E-state index is 0.542. The van der Waals surface area contributed by atoms with E-state index in [1.54, 1.807) is 18.5 Å². The summed E-state index contributed by atoms with van der Waals surface area (Å²) in [6.45, 7) is 1.95. The van der Waals surface area contributed by atoms with Crippen LogP contribution in [-0.2, 0) is 12.0 Å². The van der Waals surface area contributed by atoms with E-state index in [-0.39, 0.29) is 0 Å². The molecule has 1 heterocycles. The van der Waals surface area contributed by atoms with E-state index in [2.05, 4.69) is 4.98 Å². The summed E-state index contributed by atoms with van der Waals surface area (Å²) < 4.78 is 0. The predicted molar refractivity (Wildman–Crippen MR) is 73.0 cm³/mol. The Labute approximate surface area is 107 Å². The van der Waals surface area contributed by atoms with E-state index in [0.717, 1.165) is 5.56 Å². The fraction of sp³-hybridized carbons (Fsp3) is 0.267. The SMILES string of the molecule is CCC(O)(Cc1ccccc1)c1cnccc1N.